The van der Waals surface area contributed by atoms with Crippen LogP contribution in [0.1, 0.15) is 15.9 Å². The highest BCUT2D eigenvalue weighted by Gasteiger charge is 2.11. The molecule has 2 aromatic carbocycles. The summed E-state index contributed by atoms with van der Waals surface area (Å²) in [5.41, 5.74) is 1.03. The second-order valence-corrected chi connectivity index (χ2v) is 3.88. The molecule has 0 saturated heterocycles. The lowest BCUT2D eigenvalue weighted by atomic mass is 10.1. The molecule has 18 heavy (non-hydrogen) atoms. The van der Waals surface area contributed by atoms with E-state index >= 15 is 0 Å². The number of ether oxygens (including phenoxy) is 1. The van der Waals surface area contributed by atoms with Gasteiger partial charge in [0.15, 0.2) is 0 Å². The van der Waals surface area contributed by atoms with E-state index in [1.165, 1.54) is 42.5 Å². The van der Waals surface area contributed by atoms with Crippen LogP contribution in [0.3, 0.4) is 0 Å². The summed E-state index contributed by atoms with van der Waals surface area (Å²) < 4.78 is 5.14. The Hall–Kier alpha value is -2.49. The summed E-state index contributed by atoms with van der Waals surface area (Å²) in [6, 6.07) is 10.3. The number of hydrogen-bond acceptors (Lipinski definition) is 4. The minimum atomic E-state index is -0.502. The summed E-state index contributed by atoms with van der Waals surface area (Å²) in [4.78, 5) is 11.9. The molecular weight excluding hydrogens is 232 g/mol. The minimum Gasteiger partial charge on any atom is -0.508 e. The van der Waals surface area contributed by atoms with Crippen molar-refractivity contribution in [2.24, 2.45) is 0 Å². The van der Waals surface area contributed by atoms with E-state index < -0.39 is 5.97 Å². The van der Waals surface area contributed by atoms with Gasteiger partial charge in [0, 0.05) is 0 Å². The number of hydrogen-bond donors (Lipinski definition) is 2. The maximum atomic E-state index is 11.9. The lowest BCUT2D eigenvalue weighted by Gasteiger charge is -2.07. The Bertz CT molecular complexity index is 573. The fourth-order valence-electron chi connectivity index (χ4n) is 1.55. The Balaban J connectivity index is 2.19. The molecule has 2 aromatic rings. The van der Waals surface area contributed by atoms with Crippen LogP contribution in [-0.4, -0.2) is 16.2 Å². The SMILES string of the molecule is Cc1cc(O)ccc1C(=O)Oc1ccc(O)cc1. The summed E-state index contributed by atoms with van der Waals surface area (Å²) in [5.74, 6) is 0.0627. The molecule has 4 nitrogen and oxygen atoms in total. The first-order valence-corrected chi connectivity index (χ1v) is 5.37. The molecule has 0 aliphatic heterocycles. The second-order valence-electron chi connectivity index (χ2n) is 3.88. The maximum absolute atomic E-state index is 11.9. The molecule has 0 aromatic heterocycles. The van der Waals surface area contributed by atoms with Gasteiger partial charge >= 0.3 is 5.97 Å². The van der Waals surface area contributed by atoms with Crippen LogP contribution in [0.2, 0.25) is 0 Å². The molecular formula is C14H12O4. The minimum absolute atomic E-state index is 0.105. The summed E-state index contributed by atoms with van der Waals surface area (Å²) in [5, 5.41) is 18.4. The molecule has 0 spiro atoms. The lowest BCUT2D eigenvalue weighted by molar-refractivity contribution is 0.0734. The van der Waals surface area contributed by atoms with Crippen molar-refractivity contribution >= 4 is 5.97 Å². The zero-order valence-electron chi connectivity index (χ0n) is 9.75. The predicted molar refractivity (Wildman–Crippen MR) is 65.9 cm³/mol. The molecule has 4 heteroatoms. The molecule has 0 unspecified atom stereocenters. The third kappa shape index (κ3) is 2.60. The number of aromatic hydroxyl groups is 2. The average molecular weight is 244 g/mol. The maximum Gasteiger partial charge on any atom is 0.343 e. The van der Waals surface area contributed by atoms with Gasteiger partial charge in [-0.1, -0.05) is 0 Å². The van der Waals surface area contributed by atoms with Crippen LogP contribution in [0.4, 0.5) is 0 Å². The van der Waals surface area contributed by atoms with Crippen LogP contribution < -0.4 is 4.74 Å². The van der Waals surface area contributed by atoms with Gasteiger partial charge in [-0.25, -0.2) is 4.79 Å². The third-order valence-electron chi connectivity index (χ3n) is 2.48. The van der Waals surface area contributed by atoms with Gasteiger partial charge in [0.2, 0.25) is 0 Å². The number of esters is 1. The predicted octanol–water partition coefficient (Wildman–Crippen LogP) is 2.63. The molecule has 0 atom stereocenters. The van der Waals surface area contributed by atoms with E-state index in [1.807, 2.05) is 0 Å². The van der Waals surface area contributed by atoms with Crippen LogP contribution in [0.15, 0.2) is 42.5 Å². The summed E-state index contributed by atoms with van der Waals surface area (Å²) in [7, 11) is 0. The van der Waals surface area contributed by atoms with E-state index in [1.54, 1.807) is 6.92 Å². The number of carbonyl (C=O) groups excluding carboxylic acids is 1. The van der Waals surface area contributed by atoms with Crippen molar-refractivity contribution in [2.45, 2.75) is 6.92 Å². The highest BCUT2D eigenvalue weighted by molar-refractivity contribution is 5.92. The molecule has 92 valence electrons. The second kappa shape index (κ2) is 4.79. The van der Waals surface area contributed by atoms with Crippen LogP contribution in [0.25, 0.3) is 0 Å². The largest absolute Gasteiger partial charge is 0.508 e. The number of rotatable bonds is 2. The molecule has 0 aliphatic rings. The van der Waals surface area contributed by atoms with E-state index in [0.29, 0.717) is 16.9 Å². The highest BCUT2D eigenvalue weighted by atomic mass is 16.5. The van der Waals surface area contributed by atoms with E-state index in [0.717, 1.165) is 0 Å². The quantitative estimate of drug-likeness (QED) is 0.629. The van der Waals surface area contributed by atoms with E-state index in [-0.39, 0.29) is 11.5 Å². The van der Waals surface area contributed by atoms with E-state index in [9.17, 15) is 9.90 Å². The first-order chi connectivity index (χ1) is 8.56. The van der Waals surface area contributed by atoms with Crippen molar-refractivity contribution in [1.29, 1.82) is 0 Å². The summed E-state index contributed by atoms with van der Waals surface area (Å²) in [6.07, 6.45) is 0. The Kier molecular flexibility index (Phi) is 3.19. The van der Waals surface area contributed by atoms with Crippen molar-refractivity contribution in [2.75, 3.05) is 0 Å². The van der Waals surface area contributed by atoms with Crippen LogP contribution >= 0.6 is 0 Å². The van der Waals surface area contributed by atoms with Gasteiger partial charge in [0.25, 0.3) is 0 Å². The van der Waals surface area contributed by atoms with Gasteiger partial charge < -0.3 is 14.9 Å². The number of aryl methyl sites for hydroxylation is 1. The van der Waals surface area contributed by atoms with Crippen molar-refractivity contribution in [3.8, 4) is 17.2 Å². The molecule has 0 fully saturated rings. The van der Waals surface area contributed by atoms with Crippen molar-refractivity contribution in [3.63, 3.8) is 0 Å². The standard InChI is InChI=1S/C14H12O4/c1-9-8-11(16)4-7-13(9)14(17)18-12-5-2-10(15)3-6-12/h2-8,15-16H,1H3. The normalized spacial score (nSPS) is 10.1. The molecule has 0 saturated carbocycles. The Morgan fingerprint density at radius 3 is 2.22 bits per heavy atom. The Morgan fingerprint density at radius 1 is 1.00 bits per heavy atom. The zero-order valence-corrected chi connectivity index (χ0v) is 9.75. The molecule has 2 N–H and O–H groups in total. The third-order valence-corrected chi connectivity index (χ3v) is 2.48. The summed E-state index contributed by atoms with van der Waals surface area (Å²) >= 11 is 0. The van der Waals surface area contributed by atoms with Gasteiger partial charge in [-0.3, -0.25) is 0 Å². The number of phenolic OH excluding ortho intramolecular Hbond substituents is 2. The first-order valence-electron chi connectivity index (χ1n) is 5.37. The van der Waals surface area contributed by atoms with E-state index in [4.69, 9.17) is 9.84 Å². The van der Waals surface area contributed by atoms with Crippen LogP contribution in [-0.2, 0) is 0 Å². The number of carbonyl (C=O) groups is 1. The lowest BCUT2D eigenvalue weighted by Crippen LogP contribution is -2.09. The average Bonchev–Trinajstić information content (AvgIpc) is 2.32. The zero-order chi connectivity index (χ0) is 13.1. The van der Waals surface area contributed by atoms with Crippen molar-refractivity contribution < 1.29 is 19.7 Å². The Morgan fingerprint density at radius 2 is 1.61 bits per heavy atom. The van der Waals surface area contributed by atoms with E-state index in [2.05, 4.69) is 0 Å². The fraction of sp³-hybridized carbons (Fsp3) is 0.0714. The molecule has 2 rings (SSSR count). The Labute approximate surface area is 104 Å². The molecule has 0 radical (unpaired) electrons. The smallest absolute Gasteiger partial charge is 0.343 e. The van der Waals surface area contributed by atoms with Gasteiger partial charge in [0.1, 0.15) is 17.2 Å². The molecule has 0 amide bonds. The monoisotopic (exact) mass is 244 g/mol. The number of benzene rings is 2. The van der Waals surface area contributed by atoms with Gasteiger partial charge in [0.05, 0.1) is 5.56 Å². The molecule has 0 aliphatic carbocycles. The van der Waals surface area contributed by atoms with Gasteiger partial charge in [-0.2, -0.15) is 0 Å². The first kappa shape index (κ1) is 12.0. The van der Waals surface area contributed by atoms with Crippen molar-refractivity contribution in [3.05, 3.63) is 53.6 Å². The highest BCUT2D eigenvalue weighted by Crippen LogP contribution is 2.20. The fourth-order valence-corrected chi connectivity index (χ4v) is 1.55. The van der Waals surface area contributed by atoms with Gasteiger partial charge in [-0.15, -0.1) is 0 Å². The summed E-state index contributed by atoms with van der Waals surface area (Å²) in [6.45, 7) is 1.72. The topological polar surface area (TPSA) is 66.8 Å². The van der Waals surface area contributed by atoms with Crippen LogP contribution in [0, 0.1) is 6.92 Å². The molecule has 0 heterocycles. The molecule has 0 bridgehead atoms. The van der Waals surface area contributed by atoms with Gasteiger partial charge in [-0.05, 0) is 55.0 Å². The number of phenols is 2. The van der Waals surface area contributed by atoms with Crippen LogP contribution in [0.5, 0.6) is 17.2 Å². The van der Waals surface area contributed by atoms with Crippen molar-refractivity contribution in [1.82, 2.24) is 0 Å².